The Morgan fingerprint density at radius 3 is 2.55 bits per heavy atom. The molecule has 0 aliphatic heterocycles. The molecule has 0 saturated heterocycles. The Balaban J connectivity index is 1.68. The van der Waals surface area contributed by atoms with Crippen LogP contribution in [0.25, 0.3) is 22.2 Å². The highest BCUT2D eigenvalue weighted by molar-refractivity contribution is 5.84. The van der Waals surface area contributed by atoms with Crippen molar-refractivity contribution in [3.8, 4) is 17.0 Å². The van der Waals surface area contributed by atoms with Crippen LogP contribution in [-0.4, -0.2) is 33.2 Å². The third-order valence-electron chi connectivity index (χ3n) is 4.25. The summed E-state index contributed by atoms with van der Waals surface area (Å²) < 4.78 is 5.17. The number of nitrogens with one attached hydrogen (secondary N) is 1. The summed E-state index contributed by atoms with van der Waals surface area (Å²) in [6, 6.07) is 16.9. The molecule has 8 nitrogen and oxygen atoms in total. The number of amides is 1. The van der Waals surface area contributed by atoms with Gasteiger partial charge in [-0.2, -0.15) is 0 Å². The minimum absolute atomic E-state index is 0.251. The van der Waals surface area contributed by atoms with Crippen molar-refractivity contribution in [1.82, 2.24) is 25.6 Å². The summed E-state index contributed by atoms with van der Waals surface area (Å²) in [4.78, 5) is 20.5. The Kier molecular flexibility index (Phi) is 4.98. The zero-order valence-corrected chi connectivity index (χ0v) is 15.9. The Morgan fingerprint density at radius 2 is 1.86 bits per heavy atom. The molecule has 0 fully saturated rings. The third-order valence-corrected chi connectivity index (χ3v) is 4.25. The highest BCUT2D eigenvalue weighted by Gasteiger charge is 2.15. The van der Waals surface area contributed by atoms with Gasteiger partial charge in [0.1, 0.15) is 11.4 Å². The number of pyridine rings is 1. The maximum atomic E-state index is 11.8. The summed E-state index contributed by atoms with van der Waals surface area (Å²) in [6.45, 7) is 1.43. The summed E-state index contributed by atoms with van der Waals surface area (Å²) in [7, 11) is 1.62. The second-order valence-corrected chi connectivity index (χ2v) is 6.26. The summed E-state index contributed by atoms with van der Waals surface area (Å²) in [5.74, 6) is 0.758. The molecule has 0 saturated carbocycles. The van der Waals surface area contributed by atoms with E-state index in [0.717, 1.165) is 22.2 Å². The number of carbonyl (C=O) groups excluding carboxylic acids is 1. The zero-order valence-electron chi connectivity index (χ0n) is 15.9. The molecule has 0 bridgehead atoms. The second kappa shape index (κ2) is 7.89. The molecule has 0 unspecified atom stereocenters. The molecule has 0 aliphatic rings. The summed E-state index contributed by atoms with van der Waals surface area (Å²) in [5.41, 5.74) is 5.77. The van der Waals surface area contributed by atoms with Crippen LogP contribution in [0.3, 0.4) is 0 Å². The van der Waals surface area contributed by atoms with Crippen LogP contribution in [0.15, 0.2) is 67.0 Å². The van der Waals surface area contributed by atoms with Gasteiger partial charge in [0.15, 0.2) is 0 Å². The molecule has 0 radical (unpaired) electrons. The fourth-order valence-electron chi connectivity index (χ4n) is 2.86. The number of hydrogen-bond donors (Lipinski definition) is 1. The Labute approximate surface area is 167 Å². The predicted octanol–water partition coefficient (Wildman–Crippen LogP) is 3.28. The van der Waals surface area contributed by atoms with Gasteiger partial charge in [-0.25, -0.2) is 9.99 Å². The van der Waals surface area contributed by atoms with Crippen molar-refractivity contribution < 1.29 is 9.53 Å². The van der Waals surface area contributed by atoms with Gasteiger partial charge in [-0.05, 0) is 48.5 Å². The van der Waals surface area contributed by atoms with Gasteiger partial charge in [-0.1, -0.05) is 6.07 Å². The number of carbonyl (C=O) groups is 1. The molecule has 4 aromatic rings. The number of ether oxygens (including phenoxy) is 1. The maximum absolute atomic E-state index is 11.8. The van der Waals surface area contributed by atoms with Crippen LogP contribution < -0.4 is 15.2 Å². The summed E-state index contributed by atoms with van der Waals surface area (Å²) in [6.07, 6.45) is 3.35. The van der Waals surface area contributed by atoms with Crippen molar-refractivity contribution in [3.05, 3.63) is 67.0 Å². The molecule has 1 amide bonds. The number of methoxy groups -OCH3 is 1. The van der Waals surface area contributed by atoms with Gasteiger partial charge in [0, 0.05) is 24.1 Å². The van der Waals surface area contributed by atoms with Crippen LogP contribution in [0.2, 0.25) is 0 Å². The van der Waals surface area contributed by atoms with E-state index in [1.807, 2.05) is 54.6 Å². The number of anilines is 2. The van der Waals surface area contributed by atoms with E-state index < -0.39 is 0 Å². The Hall–Kier alpha value is -4.07. The van der Waals surface area contributed by atoms with Crippen molar-refractivity contribution in [2.24, 2.45) is 0 Å². The lowest BCUT2D eigenvalue weighted by molar-refractivity contribution is -0.118. The minimum atomic E-state index is -0.251. The van der Waals surface area contributed by atoms with Crippen LogP contribution >= 0.6 is 0 Å². The van der Waals surface area contributed by atoms with Gasteiger partial charge in [0.05, 0.1) is 24.5 Å². The molecular formula is C21H18N6O2. The number of hydrazine groups is 1. The first-order chi connectivity index (χ1) is 14.1. The predicted molar refractivity (Wildman–Crippen MR) is 110 cm³/mol. The van der Waals surface area contributed by atoms with Gasteiger partial charge < -0.3 is 4.74 Å². The van der Waals surface area contributed by atoms with E-state index >= 15 is 0 Å². The number of hydrogen-bond acceptors (Lipinski definition) is 7. The lowest BCUT2D eigenvalue weighted by atomic mass is 10.1. The summed E-state index contributed by atoms with van der Waals surface area (Å²) in [5, 5.41) is 10.9. The highest BCUT2D eigenvalue weighted by Crippen LogP contribution is 2.25. The SMILES string of the molecule is COc1ccc(-c2cnc(N(NC(C)=O)c3ccc4ncccc4c3)nn2)cc1. The van der Waals surface area contributed by atoms with Crippen LogP contribution in [0.5, 0.6) is 5.75 Å². The lowest BCUT2D eigenvalue weighted by Crippen LogP contribution is -2.38. The normalized spacial score (nSPS) is 10.6. The third kappa shape index (κ3) is 3.96. The molecule has 0 aliphatic carbocycles. The van der Waals surface area contributed by atoms with E-state index in [1.54, 1.807) is 19.5 Å². The van der Waals surface area contributed by atoms with Crippen LogP contribution in [0.1, 0.15) is 6.92 Å². The molecular weight excluding hydrogens is 368 g/mol. The van der Waals surface area contributed by atoms with Gasteiger partial charge in [0.25, 0.3) is 5.95 Å². The van der Waals surface area contributed by atoms with E-state index in [4.69, 9.17) is 4.74 Å². The molecule has 0 atom stereocenters. The average Bonchev–Trinajstić information content (AvgIpc) is 2.77. The molecule has 0 spiro atoms. The lowest BCUT2D eigenvalue weighted by Gasteiger charge is -2.22. The monoisotopic (exact) mass is 386 g/mol. The fraction of sp³-hybridized carbons (Fsp3) is 0.0952. The van der Waals surface area contributed by atoms with Crippen molar-refractivity contribution in [3.63, 3.8) is 0 Å². The number of rotatable bonds is 5. The molecule has 1 N–H and O–H groups in total. The molecule has 144 valence electrons. The number of nitrogens with zero attached hydrogens (tertiary/aromatic N) is 5. The molecule has 2 aromatic heterocycles. The number of aromatic nitrogens is 4. The molecule has 2 aromatic carbocycles. The number of benzene rings is 2. The first kappa shape index (κ1) is 18.3. The smallest absolute Gasteiger partial charge is 0.268 e. The topological polar surface area (TPSA) is 93.1 Å². The van der Waals surface area contributed by atoms with Crippen LogP contribution in [0.4, 0.5) is 11.6 Å². The van der Waals surface area contributed by atoms with Gasteiger partial charge in [-0.3, -0.25) is 15.2 Å². The fourth-order valence-corrected chi connectivity index (χ4v) is 2.86. The van der Waals surface area contributed by atoms with E-state index in [0.29, 0.717) is 11.4 Å². The van der Waals surface area contributed by atoms with Gasteiger partial charge in [-0.15, -0.1) is 10.2 Å². The van der Waals surface area contributed by atoms with Crippen LogP contribution in [-0.2, 0) is 4.79 Å². The van der Waals surface area contributed by atoms with E-state index in [-0.39, 0.29) is 11.9 Å². The van der Waals surface area contributed by atoms with Gasteiger partial charge >= 0.3 is 0 Å². The van der Waals surface area contributed by atoms with Crippen LogP contribution in [0, 0.1) is 0 Å². The van der Waals surface area contributed by atoms with Crippen molar-refractivity contribution >= 4 is 28.4 Å². The minimum Gasteiger partial charge on any atom is -0.497 e. The summed E-state index contributed by atoms with van der Waals surface area (Å²) >= 11 is 0. The molecule has 29 heavy (non-hydrogen) atoms. The Morgan fingerprint density at radius 1 is 1.03 bits per heavy atom. The van der Waals surface area contributed by atoms with Crippen molar-refractivity contribution in [2.45, 2.75) is 6.92 Å². The second-order valence-electron chi connectivity index (χ2n) is 6.26. The average molecular weight is 386 g/mol. The maximum Gasteiger partial charge on any atom is 0.268 e. The zero-order chi connectivity index (χ0) is 20.2. The molecule has 2 heterocycles. The van der Waals surface area contributed by atoms with Crippen molar-refractivity contribution in [1.29, 1.82) is 0 Å². The van der Waals surface area contributed by atoms with Gasteiger partial charge in [0.2, 0.25) is 5.91 Å². The Bertz CT molecular complexity index is 1150. The molecule has 4 rings (SSSR count). The van der Waals surface area contributed by atoms with E-state index in [2.05, 4.69) is 25.6 Å². The molecule has 8 heteroatoms. The van der Waals surface area contributed by atoms with Crippen molar-refractivity contribution in [2.75, 3.05) is 12.1 Å². The van der Waals surface area contributed by atoms with E-state index in [9.17, 15) is 4.79 Å². The standard InChI is InChI=1S/C21H18N6O2/c1-14(28)26-27(17-7-10-19-16(12-17)4-3-11-22-19)21-23-13-20(24-25-21)15-5-8-18(29-2)9-6-15/h3-13H,1-2H3,(H,26,28). The first-order valence-corrected chi connectivity index (χ1v) is 8.90. The number of fused-ring (bicyclic) bond motifs is 1. The quantitative estimate of drug-likeness (QED) is 0.526. The first-order valence-electron chi connectivity index (χ1n) is 8.90. The van der Waals surface area contributed by atoms with E-state index in [1.165, 1.54) is 11.9 Å². The highest BCUT2D eigenvalue weighted by atomic mass is 16.5. The largest absolute Gasteiger partial charge is 0.497 e.